The Morgan fingerprint density at radius 3 is 3.00 bits per heavy atom. The van der Waals surface area contributed by atoms with Gasteiger partial charge in [-0.15, -0.1) is 0 Å². The first-order chi connectivity index (χ1) is 8.18. The summed E-state index contributed by atoms with van der Waals surface area (Å²) in [5, 5.41) is 5.79. The molecule has 2 N–H and O–H groups in total. The molecule has 0 spiro atoms. The minimum atomic E-state index is -0.356. The zero-order valence-corrected chi connectivity index (χ0v) is 10.9. The second kappa shape index (κ2) is 5.49. The van der Waals surface area contributed by atoms with Crippen LogP contribution in [0.3, 0.4) is 0 Å². The van der Waals surface area contributed by atoms with Crippen molar-refractivity contribution in [2.45, 2.75) is 25.3 Å². The van der Waals surface area contributed by atoms with Crippen LogP contribution in [0.5, 0.6) is 0 Å². The number of rotatable bonds is 2. The van der Waals surface area contributed by atoms with Crippen molar-refractivity contribution in [1.29, 1.82) is 0 Å². The molecule has 2 rings (SSSR count). The summed E-state index contributed by atoms with van der Waals surface area (Å²) in [5.41, 5.74) is 0.356. The Bertz CT molecular complexity index is 405. The standard InChI is InChI=1S/C12H14BrFN2O/c13-8-4-3-5-9(14)11(8)16-10-6-1-2-7-15-12(10)17/h3-5,10,16H,1-2,6-7H2,(H,15,17). The summed E-state index contributed by atoms with van der Waals surface area (Å²) in [7, 11) is 0. The van der Waals surface area contributed by atoms with Crippen LogP contribution in [0.25, 0.3) is 0 Å². The van der Waals surface area contributed by atoms with E-state index < -0.39 is 0 Å². The Kier molecular flexibility index (Phi) is 3.99. The van der Waals surface area contributed by atoms with Gasteiger partial charge >= 0.3 is 0 Å². The van der Waals surface area contributed by atoms with Crippen molar-refractivity contribution in [3.05, 3.63) is 28.5 Å². The van der Waals surface area contributed by atoms with Gasteiger partial charge in [0.1, 0.15) is 11.9 Å². The van der Waals surface area contributed by atoms with Gasteiger partial charge in [0.2, 0.25) is 5.91 Å². The molecular weight excluding hydrogens is 287 g/mol. The van der Waals surface area contributed by atoms with Gasteiger partial charge in [-0.25, -0.2) is 4.39 Å². The number of benzene rings is 1. The number of amides is 1. The highest BCUT2D eigenvalue weighted by Crippen LogP contribution is 2.26. The van der Waals surface area contributed by atoms with Crippen molar-refractivity contribution in [2.75, 3.05) is 11.9 Å². The van der Waals surface area contributed by atoms with Crippen molar-refractivity contribution >= 4 is 27.5 Å². The van der Waals surface area contributed by atoms with Gasteiger partial charge in [0.25, 0.3) is 0 Å². The van der Waals surface area contributed by atoms with Crippen LogP contribution >= 0.6 is 15.9 Å². The minimum Gasteiger partial charge on any atom is -0.370 e. The minimum absolute atomic E-state index is 0.0577. The number of carbonyl (C=O) groups is 1. The Morgan fingerprint density at radius 1 is 1.41 bits per heavy atom. The molecule has 1 saturated heterocycles. The monoisotopic (exact) mass is 300 g/mol. The molecule has 1 aliphatic rings. The molecule has 0 radical (unpaired) electrons. The van der Waals surface area contributed by atoms with E-state index in [4.69, 9.17) is 0 Å². The lowest BCUT2D eigenvalue weighted by atomic mass is 10.1. The van der Waals surface area contributed by atoms with Crippen molar-refractivity contribution in [3.8, 4) is 0 Å². The lowest BCUT2D eigenvalue weighted by Gasteiger charge is -2.18. The SMILES string of the molecule is O=C1NCCCCC1Nc1c(F)cccc1Br. The maximum atomic E-state index is 13.6. The Hall–Kier alpha value is -1.10. The summed E-state index contributed by atoms with van der Waals surface area (Å²) >= 11 is 3.28. The molecule has 0 saturated carbocycles. The number of hydrogen-bond acceptors (Lipinski definition) is 2. The van der Waals surface area contributed by atoms with Crippen LogP contribution in [-0.4, -0.2) is 18.5 Å². The third-order valence-corrected chi connectivity index (χ3v) is 3.48. The van der Waals surface area contributed by atoms with Gasteiger partial charge in [0.05, 0.1) is 5.69 Å². The van der Waals surface area contributed by atoms with E-state index in [0.717, 1.165) is 19.3 Å². The van der Waals surface area contributed by atoms with Crippen LogP contribution in [0.1, 0.15) is 19.3 Å². The highest BCUT2D eigenvalue weighted by molar-refractivity contribution is 9.10. The van der Waals surface area contributed by atoms with E-state index in [9.17, 15) is 9.18 Å². The van der Waals surface area contributed by atoms with Gasteiger partial charge in [-0.05, 0) is 47.3 Å². The second-order valence-corrected chi connectivity index (χ2v) is 4.93. The van der Waals surface area contributed by atoms with Gasteiger partial charge in [-0.3, -0.25) is 4.79 Å². The third-order valence-electron chi connectivity index (χ3n) is 2.82. The highest BCUT2D eigenvalue weighted by atomic mass is 79.9. The lowest BCUT2D eigenvalue weighted by Crippen LogP contribution is -2.38. The summed E-state index contributed by atoms with van der Waals surface area (Å²) in [4.78, 5) is 11.7. The average molecular weight is 301 g/mol. The first-order valence-corrected chi connectivity index (χ1v) is 6.46. The van der Waals surface area contributed by atoms with E-state index in [-0.39, 0.29) is 17.8 Å². The fourth-order valence-corrected chi connectivity index (χ4v) is 2.34. The lowest BCUT2D eigenvalue weighted by molar-refractivity contribution is -0.121. The number of hydrogen-bond donors (Lipinski definition) is 2. The van der Waals surface area contributed by atoms with Crippen LogP contribution < -0.4 is 10.6 Å². The number of anilines is 1. The predicted molar refractivity (Wildman–Crippen MR) is 68.4 cm³/mol. The van der Waals surface area contributed by atoms with E-state index >= 15 is 0 Å². The predicted octanol–water partition coefficient (Wildman–Crippen LogP) is 2.67. The quantitative estimate of drug-likeness (QED) is 0.882. The first-order valence-electron chi connectivity index (χ1n) is 5.67. The normalized spacial score (nSPS) is 20.6. The fourth-order valence-electron chi connectivity index (χ4n) is 1.89. The Labute approximate surface area is 108 Å². The van der Waals surface area contributed by atoms with E-state index in [1.165, 1.54) is 6.07 Å². The Morgan fingerprint density at radius 2 is 2.24 bits per heavy atom. The van der Waals surface area contributed by atoms with Crippen molar-refractivity contribution < 1.29 is 9.18 Å². The maximum Gasteiger partial charge on any atom is 0.242 e. The number of halogens is 2. The van der Waals surface area contributed by atoms with Crippen LogP contribution in [0.15, 0.2) is 22.7 Å². The molecule has 1 aliphatic heterocycles. The van der Waals surface area contributed by atoms with Gasteiger partial charge in [0.15, 0.2) is 0 Å². The smallest absolute Gasteiger partial charge is 0.242 e. The Balaban J connectivity index is 2.16. The number of carbonyl (C=O) groups excluding carboxylic acids is 1. The molecule has 92 valence electrons. The molecule has 0 aromatic heterocycles. The van der Waals surface area contributed by atoms with Crippen molar-refractivity contribution in [2.24, 2.45) is 0 Å². The van der Waals surface area contributed by atoms with E-state index in [2.05, 4.69) is 26.6 Å². The molecule has 1 aromatic carbocycles. The summed E-state index contributed by atoms with van der Waals surface area (Å²) in [6.45, 7) is 0.704. The highest BCUT2D eigenvalue weighted by Gasteiger charge is 2.22. The van der Waals surface area contributed by atoms with E-state index in [1.54, 1.807) is 12.1 Å². The zero-order chi connectivity index (χ0) is 12.3. The molecule has 5 heteroatoms. The molecule has 17 heavy (non-hydrogen) atoms. The van der Waals surface area contributed by atoms with Gasteiger partial charge in [0, 0.05) is 11.0 Å². The number of para-hydroxylation sites is 1. The van der Waals surface area contributed by atoms with Gasteiger partial charge in [-0.1, -0.05) is 6.07 Å². The second-order valence-electron chi connectivity index (χ2n) is 4.08. The molecule has 1 fully saturated rings. The summed E-state index contributed by atoms with van der Waals surface area (Å²) in [5.74, 6) is -0.408. The molecule has 1 unspecified atom stereocenters. The molecule has 1 heterocycles. The van der Waals surface area contributed by atoms with Gasteiger partial charge in [-0.2, -0.15) is 0 Å². The van der Waals surface area contributed by atoms with E-state index in [1.807, 2.05) is 0 Å². The van der Waals surface area contributed by atoms with Crippen LogP contribution in [0.4, 0.5) is 10.1 Å². The fraction of sp³-hybridized carbons (Fsp3) is 0.417. The molecule has 0 aliphatic carbocycles. The van der Waals surface area contributed by atoms with Gasteiger partial charge < -0.3 is 10.6 Å². The summed E-state index contributed by atoms with van der Waals surface area (Å²) in [6.07, 6.45) is 2.66. The van der Waals surface area contributed by atoms with Crippen molar-refractivity contribution in [3.63, 3.8) is 0 Å². The zero-order valence-electron chi connectivity index (χ0n) is 9.30. The number of nitrogens with one attached hydrogen (secondary N) is 2. The van der Waals surface area contributed by atoms with E-state index in [0.29, 0.717) is 16.7 Å². The van der Waals surface area contributed by atoms with Crippen LogP contribution in [-0.2, 0) is 4.79 Å². The molecule has 0 bridgehead atoms. The average Bonchev–Trinajstić information content (AvgIpc) is 2.49. The summed E-state index contributed by atoms with van der Waals surface area (Å²) < 4.78 is 14.2. The molecule has 1 amide bonds. The summed E-state index contributed by atoms with van der Waals surface area (Å²) in [6, 6.07) is 4.39. The molecule has 1 atom stereocenters. The largest absolute Gasteiger partial charge is 0.370 e. The maximum absolute atomic E-state index is 13.6. The van der Waals surface area contributed by atoms with Crippen LogP contribution in [0, 0.1) is 5.82 Å². The topological polar surface area (TPSA) is 41.1 Å². The first kappa shape index (κ1) is 12.4. The third kappa shape index (κ3) is 2.97. The molecular formula is C12H14BrFN2O. The molecule has 1 aromatic rings. The molecule has 3 nitrogen and oxygen atoms in total. The van der Waals surface area contributed by atoms with Crippen LogP contribution in [0.2, 0.25) is 0 Å². The van der Waals surface area contributed by atoms with Crippen molar-refractivity contribution in [1.82, 2.24) is 5.32 Å².